The van der Waals surface area contributed by atoms with Crippen LogP contribution < -0.4 is 0 Å². The van der Waals surface area contributed by atoms with E-state index in [1.54, 1.807) is 0 Å². The Kier molecular flexibility index (Phi) is 3.04. The van der Waals surface area contributed by atoms with Crippen molar-refractivity contribution < 1.29 is 20.1 Å². The van der Waals surface area contributed by atoms with Crippen LogP contribution in [0.3, 0.4) is 0 Å². The summed E-state index contributed by atoms with van der Waals surface area (Å²) in [5.74, 6) is 0.243. The number of carboxylic acid groups (broad SMARTS) is 1. The Balaban J connectivity index is 0.000000188. The molecule has 4 nitrogen and oxygen atoms in total. The van der Waals surface area contributed by atoms with Crippen molar-refractivity contribution in [3.63, 3.8) is 0 Å². The van der Waals surface area contributed by atoms with Gasteiger partial charge in [-0.3, -0.25) is 0 Å². The van der Waals surface area contributed by atoms with E-state index in [2.05, 4.69) is 6.58 Å². The molecule has 0 radical (unpaired) electrons. The summed E-state index contributed by atoms with van der Waals surface area (Å²) in [7, 11) is 0. The monoisotopic (exact) mass is 240 g/mol. The number of carboxylic acids is 1. The van der Waals surface area contributed by atoms with Crippen LogP contribution in [0.5, 0.6) is 0 Å². The Morgan fingerprint density at radius 1 is 1.12 bits per heavy atom. The molecule has 0 aliphatic heterocycles. The third-order valence-corrected chi connectivity index (χ3v) is 4.17. The highest BCUT2D eigenvalue weighted by molar-refractivity contribution is 5.78. The van der Waals surface area contributed by atoms with E-state index in [1.807, 2.05) is 0 Å². The molecule has 4 rings (SSSR count). The van der Waals surface area contributed by atoms with E-state index in [0.29, 0.717) is 18.3 Å². The lowest BCUT2D eigenvalue weighted by Crippen LogP contribution is -2.58. The van der Waals surface area contributed by atoms with Crippen molar-refractivity contribution in [2.45, 2.75) is 49.7 Å². The molecule has 4 aliphatic carbocycles. The second-order valence-electron chi connectivity index (χ2n) is 5.95. The molecule has 0 amide bonds. The van der Waals surface area contributed by atoms with Crippen molar-refractivity contribution in [3.8, 4) is 0 Å². The topological polar surface area (TPSA) is 77.8 Å². The molecule has 4 bridgehead atoms. The highest BCUT2D eigenvalue weighted by Crippen LogP contribution is 2.57. The van der Waals surface area contributed by atoms with Gasteiger partial charge in [-0.1, -0.05) is 6.58 Å². The molecule has 0 saturated heterocycles. The highest BCUT2D eigenvalue weighted by atomic mass is 16.4. The molecule has 17 heavy (non-hydrogen) atoms. The van der Waals surface area contributed by atoms with E-state index in [1.165, 1.54) is 6.42 Å². The zero-order chi connectivity index (χ0) is 12.7. The molecule has 3 N–H and O–H groups in total. The first-order valence-corrected chi connectivity index (χ1v) is 6.14. The van der Waals surface area contributed by atoms with Crippen LogP contribution in [0.25, 0.3) is 0 Å². The fraction of sp³-hybridized carbons (Fsp3) is 0.769. The van der Waals surface area contributed by atoms with E-state index in [4.69, 9.17) is 5.11 Å². The van der Waals surface area contributed by atoms with Gasteiger partial charge in [-0.25, -0.2) is 4.79 Å². The quantitative estimate of drug-likeness (QED) is 0.604. The third kappa shape index (κ3) is 2.69. The normalized spacial score (nSPS) is 46.0. The number of rotatable bonds is 1. The first kappa shape index (κ1) is 12.6. The van der Waals surface area contributed by atoms with Crippen LogP contribution in [0.1, 0.15) is 38.5 Å². The predicted octanol–water partition coefficient (Wildman–Crippen LogP) is 1.32. The second kappa shape index (κ2) is 4.10. The molecule has 96 valence electrons. The van der Waals surface area contributed by atoms with Crippen LogP contribution in [0.15, 0.2) is 12.7 Å². The third-order valence-electron chi connectivity index (χ3n) is 4.17. The minimum atomic E-state index is -0.981. The van der Waals surface area contributed by atoms with Crippen molar-refractivity contribution in [3.05, 3.63) is 12.7 Å². The van der Waals surface area contributed by atoms with Gasteiger partial charge in [0.05, 0.1) is 11.2 Å². The molecule has 0 aromatic carbocycles. The predicted molar refractivity (Wildman–Crippen MR) is 62.4 cm³/mol. The van der Waals surface area contributed by atoms with E-state index in [9.17, 15) is 15.0 Å². The number of aliphatic carboxylic acids is 1. The maximum absolute atomic E-state index is 10.1. The van der Waals surface area contributed by atoms with Gasteiger partial charge in [-0.2, -0.15) is 0 Å². The lowest BCUT2D eigenvalue weighted by atomic mass is 9.52. The number of hydrogen-bond donors (Lipinski definition) is 3. The van der Waals surface area contributed by atoms with Gasteiger partial charge < -0.3 is 15.3 Å². The summed E-state index contributed by atoms with van der Waals surface area (Å²) in [6.45, 7) is 2.96. The Morgan fingerprint density at radius 2 is 1.47 bits per heavy atom. The van der Waals surface area contributed by atoms with Gasteiger partial charge in [-0.15, -0.1) is 0 Å². The molecule has 0 aromatic rings. The van der Waals surface area contributed by atoms with Crippen LogP contribution >= 0.6 is 0 Å². The molecule has 0 aromatic heterocycles. The summed E-state index contributed by atoms with van der Waals surface area (Å²) in [5.41, 5.74) is -0.975. The van der Waals surface area contributed by atoms with Crippen molar-refractivity contribution in [2.75, 3.05) is 0 Å². The zero-order valence-corrected chi connectivity index (χ0v) is 9.93. The van der Waals surface area contributed by atoms with Gasteiger partial charge in [0.1, 0.15) is 0 Å². The maximum Gasteiger partial charge on any atom is 0.327 e. The van der Waals surface area contributed by atoms with E-state index in [-0.39, 0.29) is 0 Å². The summed E-state index contributed by atoms with van der Waals surface area (Å²) in [4.78, 5) is 9.25. The van der Waals surface area contributed by atoms with Gasteiger partial charge in [0.2, 0.25) is 0 Å². The van der Waals surface area contributed by atoms with Crippen LogP contribution in [-0.2, 0) is 4.79 Å². The maximum atomic E-state index is 10.1. The molecule has 0 atom stereocenters. The van der Waals surface area contributed by atoms with Gasteiger partial charge in [0.25, 0.3) is 0 Å². The van der Waals surface area contributed by atoms with Gasteiger partial charge in [-0.05, 0) is 43.9 Å². The van der Waals surface area contributed by atoms with E-state index < -0.39 is 17.2 Å². The van der Waals surface area contributed by atoms with Gasteiger partial charge >= 0.3 is 5.97 Å². The Labute approximate surface area is 101 Å². The molecule has 4 aliphatic rings. The molecule has 0 spiro atoms. The standard InChI is InChI=1S/C10H16O2.C3H4O2/c11-9-2-7-1-8(4-9)5-10(12,3-7)6-9;1-2-3(4)5/h7-8,11-12H,1-6H2;2H,1H2,(H,4,5). The van der Waals surface area contributed by atoms with Crippen LogP contribution in [0.2, 0.25) is 0 Å². The fourth-order valence-electron chi connectivity index (χ4n) is 4.17. The average Bonchev–Trinajstić information content (AvgIpc) is 2.12. The zero-order valence-electron chi connectivity index (χ0n) is 9.93. The van der Waals surface area contributed by atoms with Crippen molar-refractivity contribution in [2.24, 2.45) is 11.8 Å². The highest BCUT2D eigenvalue weighted by Gasteiger charge is 2.56. The number of hydrogen-bond acceptors (Lipinski definition) is 3. The fourth-order valence-corrected chi connectivity index (χ4v) is 4.17. The molecule has 0 heterocycles. The molecule has 4 heteroatoms. The summed E-state index contributed by atoms with van der Waals surface area (Å²) >= 11 is 0. The van der Waals surface area contributed by atoms with Crippen LogP contribution in [0.4, 0.5) is 0 Å². The first-order chi connectivity index (χ1) is 7.84. The molecule has 4 saturated carbocycles. The molecular weight excluding hydrogens is 220 g/mol. The van der Waals surface area contributed by atoms with Gasteiger partial charge in [0, 0.05) is 12.5 Å². The lowest BCUT2D eigenvalue weighted by molar-refractivity contribution is -0.198. The summed E-state index contributed by atoms with van der Waals surface area (Å²) in [6, 6.07) is 0. The first-order valence-electron chi connectivity index (χ1n) is 6.14. The van der Waals surface area contributed by atoms with Crippen molar-refractivity contribution in [1.29, 1.82) is 0 Å². The minimum absolute atomic E-state index is 0.487. The molecular formula is C13H20O4. The Hall–Kier alpha value is -0.870. The van der Waals surface area contributed by atoms with Gasteiger partial charge in [0.15, 0.2) is 0 Å². The summed E-state index contributed by atoms with van der Waals surface area (Å²) in [5, 5.41) is 27.8. The second-order valence-corrected chi connectivity index (χ2v) is 5.95. The summed E-state index contributed by atoms with van der Waals surface area (Å²) < 4.78 is 0. The van der Waals surface area contributed by atoms with Crippen LogP contribution in [0, 0.1) is 11.8 Å². The minimum Gasteiger partial charge on any atom is -0.478 e. The number of carbonyl (C=O) groups is 1. The van der Waals surface area contributed by atoms with Crippen LogP contribution in [-0.4, -0.2) is 32.5 Å². The Morgan fingerprint density at radius 3 is 1.71 bits per heavy atom. The number of aliphatic hydroxyl groups is 2. The average molecular weight is 240 g/mol. The lowest BCUT2D eigenvalue weighted by Gasteiger charge is -2.58. The smallest absolute Gasteiger partial charge is 0.327 e. The van der Waals surface area contributed by atoms with Crippen molar-refractivity contribution in [1.82, 2.24) is 0 Å². The van der Waals surface area contributed by atoms with E-state index >= 15 is 0 Å². The van der Waals surface area contributed by atoms with E-state index in [0.717, 1.165) is 31.8 Å². The summed E-state index contributed by atoms with van der Waals surface area (Å²) in [6.07, 6.45) is 6.53. The molecule has 0 unspecified atom stereocenters. The molecule has 4 fully saturated rings. The Bertz CT molecular complexity index is 302. The largest absolute Gasteiger partial charge is 0.478 e. The van der Waals surface area contributed by atoms with Crippen molar-refractivity contribution >= 4 is 5.97 Å². The SMILES string of the molecule is C=CC(=O)O.OC12CC3CC(C1)CC(O)(C3)C2.